The van der Waals surface area contributed by atoms with Gasteiger partial charge in [-0.1, -0.05) is 22.0 Å². The quantitative estimate of drug-likeness (QED) is 0.616. The van der Waals surface area contributed by atoms with E-state index in [9.17, 15) is 0 Å². The van der Waals surface area contributed by atoms with Gasteiger partial charge in [-0.3, -0.25) is 4.99 Å². The molecule has 1 aromatic rings. The zero-order valence-electron chi connectivity index (χ0n) is 13.4. The van der Waals surface area contributed by atoms with Crippen LogP contribution in [0.1, 0.15) is 6.42 Å². The predicted octanol–water partition coefficient (Wildman–Crippen LogP) is 2.75. The first kappa shape index (κ1) is 16.1. The second-order valence-corrected chi connectivity index (χ2v) is 6.93. The van der Waals surface area contributed by atoms with Gasteiger partial charge in [-0.2, -0.15) is 0 Å². The molecular weight excluding hydrogens is 328 g/mol. The summed E-state index contributed by atoms with van der Waals surface area (Å²) in [6.45, 7) is 3.11. The number of aliphatic imine (C=N–C) groups is 1. The summed E-state index contributed by atoms with van der Waals surface area (Å²) < 4.78 is 1.14. The molecule has 0 aliphatic carbocycles. The molecule has 2 rings (SSSR count). The summed E-state index contributed by atoms with van der Waals surface area (Å²) in [4.78, 5) is 11.4. The van der Waals surface area contributed by atoms with Crippen molar-refractivity contribution in [2.75, 3.05) is 52.7 Å². The molecule has 116 valence electrons. The average Bonchev–Trinajstić information content (AvgIpc) is 2.87. The van der Waals surface area contributed by atoms with E-state index in [0.29, 0.717) is 5.92 Å². The molecule has 1 fully saturated rings. The SMILES string of the molecule is CN(C)C(=NCC1CCN(c2cccc(Br)c2)C1)N(C)C. The molecule has 21 heavy (non-hydrogen) atoms. The minimum absolute atomic E-state index is 0.638. The largest absolute Gasteiger partial charge is 0.371 e. The van der Waals surface area contributed by atoms with E-state index < -0.39 is 0 Å². The standard InChI is InChI=1S/C16H25BrN4/c1-19(2)16(20(3)4)18-11-13-8-9-21(12-13)15-7-5-6-14(17)10-15/h5-7,10,13H,8-9,11-12H2,1-4H3. The van der Waals surface area contributed by atoms with Crippen molar-refractivity contribution in [3.63, 3.8) is 0 Å². The van der Waals surface area contributed by atoms with Gasteiger partial charge in [-0.25, -0.2) is 0 Å². The molecule has 0 bridgehead atoms. The Morgan fingerprint density at radius 2 is 2.00 bits per heavy atom. The zero-order valence-corrected chi connectivity index (χ0v) is 15.0. The van der Waals surface area contributed by atoms with Crippen LogP contribution in [0.5, 0.6) is 0 Å². The van der Waals surface area contributed by atoms with Crippen molar-refractivity contribution in [1.82, 2.24) is 9.80 Å². The Morgan fingerprint density at radius 1 is 1.29 bits per heavy atom. The summed E-state index contributed by atoms with van der Waals surface area (Å²) in [5.74, 6) is 1.68. The fourth-order valence-corrected chi connectivity index (χ4v) is 3.17. The number of hydrogen-bond donors (Lipinski definition) is 0. The van der Waals surface area contributed by atoms with Crippen LogP contribution in [-0.2, 0) is 0 Å². The van der Waals surface area contributed by atoms with Gasteiger partial charge in [0.2, 0.25) is 0 Å². The molecule has 0 aromatic heterocycles. The van der Waals surface area contributed by atoms with E-state index in [1.54, 1.807) is 0 Å². The first-order valence-electron chi connectivity index (χ1n) is 7.37. The lowest BCUT2D eigenvalue weighted by Gasteiger charge is -2.23. The summed E-state index contributed by atoms with van der Waals surface area (Å²) in [6, 6.07) is 8.54. The monoisotopic (exact) mass is 352 g/mol. The summed E-state index contributed by atoms with van der Waals surface area (Å²) in [5, 5.41) is 0. The number of nitrogens with zero attached hydrogens (tertiary/aromatic N) is 4. The molecule has 1 aliphatic heterocycles. The van der Waals surface area contributed by atoms with Gasteiger partial charge < -0.3 is 14.7 Å². The van der Waals surface area contributed by atoms with Gasteiger partial charge >= 0.3 is 0 Å². The highest BCUT2D eigenvalue weighted by atomic mass is 79.9. The maximum absolute atomic E-state index is 4.78. The molecule has 0 N–H and O–H groups in total. The van der Waals surface area contributed by atoms with Crippen molar-refractivity contribution >= 4 is 27.6 Å². The molecule has 1 aromatic carbocycles. The molecule has 1 unspecified atom stereocenters. The van der Waals surface area contributed by atoms with Crippen LogP contribution in [0.15, 0.2) is 33.7 Å². The highest BCUT2D eigenvalue weighted by molar-refractivity contribution is 9.10. The van der Waals surface area contributed by atoms with E-state index in [-0.39, 0.29) is 0 Å². The summed E-state index contributed by atoms with van der Waals surface area (Å²) in [7, 11) is 8.17. The Hall–Kier alpha value is -1.23. The molecule has 1 aliphatic rings. The number of guanidine groups is 1. The van der Waals surface area contributed by atoms with E-state index >= 15 is 0 Å². The molecule has 4 nitrogen and oxygen atoms in total. The lowest BCUT2D eigenvalue weighted by Crippen LogP contribution is -2.36. The first-order chi connectivity index (χ1) is 9.97. The summed E-state index contributed by atoms with van der Waals surface area (Å²) >= 11 is 3.55. The van der Waals surface area contributed by atoms with Gasteiger partial charge in [0, 0.05) is 58.0 Å². The lowest BCUT2D eigenvalue weighted by atomic mass is 10.1. The maximum Gasteiger partial charge on any atom is 0.195 e. The Balaban J connectivity index is 1.95. The van der Waals surface area contributed by atoms with Gasteiger partial charge in [-0.05, 0) is 30.5 Å². The van der Waals surface area contributed by atoms with Crippen LogP contribution in [-0.4, -0.2) is 63.6 Å². The topological polar surface area (TPSA) is 22.1 Å². The van der Waals surface area contributed by atoms with E-state index in [0.717, 1.165) is 30.1 Å². The Labute approximate surface area is 136 Å². The third-order valence-corrected chi connectivity index (χ3v) is 4.24. The third kappa shape index (κ3) is 4.37. The minimum Gasteiger partial charge on any atom is -0.371 e. The third-order valence-electron chi connectivity index (χ3n) is 3.75. The zero-order chi connectivity index (χ0) is 15.4. The van der Waals surface area contributed by atoms with Crippen LogP contribution < -0.4 is 4.90 Å². The van der Waals surface area contributed by atoms with E-state index in [1.165, 1.54) is 12.1 Å². The van der Waals surface area contributed by atoms with Gasteiger partial charge in [0.15, 0.2) is 5.96 Å². The number of hydrogen-bond acceptors (Lipinski definition) is 2. The minimum atomic E-state index is 0.638. The van der Waals surface area contributed by atoms with Crippen LogP contribution in [0.2, 0.25) is 0 Å². The summed E-state index contributed by atoms with van der Waals surface area (Å²) in [5.41, 5.74) is 1.30. The van der Waals surface area contributed by atoms with Crippen molar-refractivity contribution in [1.29, 1.82) is 0 Å². The van der Waals surface area contributed by atoms with Crippen LogP contribution in [0.25, 0.3) is 0 Å². The van der Waals surface area contributed by atoms with Crippen LogP contribution in [0.4, 0.5) is 5.69 Å². The van der Waals surface area contributed by atoms with Gasteiger partial charge in [0.1, 0.15) is 0 Å². The van der Waals surface area contributed by atoms with Crippen molar-refractivity contribution in [2.45, 2.75) is 6.42 Å². The second kappa shape index (κ2) is 7.16. The Bertz CT molecular complexity index is 489. The van der Waals surface area contributed by atoms with E-state index in [1.807, 2.05) is 28.2 Å². The smallest absolute Gasteiger partial charge is 0.195 e. The molecule has 0 amide bonds. The van der Waals surface area contributed by atoms with Gasteiger partial charge in [-0.15, -0.1) is 0 Å². The van der Waals surface area contributed by atoms with Crippen molar-refractivity contribution in [3.05, 3.63) is 28.7 Å². The van der Waals surface area contributed by atoms with Crippen molar-refractivity contribution in [3.8, 4) is 0 Å². The maximum atomic E-state index is 4.78. The van der Waals surface area contributed by atoms with E-state index in [2.05, 4.69) is 54.9 Å². The number of benzene rings is 1. The molecule has 1 saturated heterocycles. The normalized spacial score (nSPS) is 17.8. The first-order valence-corrected chi connectivity index (χ1v) is 8.16. The Morgan fingerprint density at radius 3 is 2.62 bits per heavy atom. The highest BCUT2D eigenvalue weighted by Gasteiger charge is 2.22. The molecule has 1 atom stereocenters. The molecule has 5 heteroatoms. The predicted molar refractivity (Wildman–Crippen MR) is 94.1 cm³/mol. The van der Waals surface area contributed by atoms with Crippen LogP contribution >= 0.6 is 15.9 Å². The average molecular weight is 353 g/mol. The fourth-order valence-electron chi connectivity index (χ4n) is 2.78. The molecular formula is C16H25BrN4. The molecule has 1 heterocycles. The summed E-state index contributed by atoms with van der Waals surface area (Å²) in [6.07, 6.45) is 1.21. The highest BCUT2D eigenvalue weighted by Crippen LogP contribution is 2.26. The van der Waals surface area contributed by atoms with Crippen molar-refractivity contribution < 1.29 is 0 Å². The number of anilines is 1. The molecule has 0 spiro atoms. The van der Waals surface area contributed by atoms with Crippen LogP contribution in [0, 0.1) is 5.92 Å². The number of halogens is 1. The molecule has 0 saturated carbocycles. The Kier molecular flexibility index (Phi) is 5.51. The molecule has 0 radical (unpaired) electrons. The number of rotatable bonds is 3. The lowest BCUT2D eigenvalue weighted by molar-refractivity contribution is 0.472. The second-order valence-electron chi connectivity index (χ2n) is 6.01. The van der Waals surface area contributed by atoms with Crippen molar-refractivity contribution in [2.24, 2.45) is 10.9 Å². The van der Waals surface area contributed by atoms with E-state index in [4.69, 9.17) is 4.99 Å². The van der Waals surface area contributed by atoms with Gasteiger partial charge in [0.05, 0.1) is 0 Å². The van der Waals surface area contributed by atoms with Gasteiger partial charge in [0.25, 0.3) is 0 Å². The van der Waals surface area contributed by atoms with Crippen LogP contribution in [0.3, 0.4) is 0 Å². The fraction of sp³-hybridized carbons (Fsp3) is 0.562.